The minimum atomic E-state index is -3.09. The molecule has 1 saturated heterocycles. The Bertz CT molecular complexity index is 302. The average molecular weight is 235 g/mol. The summed E-state index contributed by atoms with van der Waals surface area (Å²) >= 11 is 0. The molecule has 15 heavy (non-hydrogen) atoms. The van der Waals surface area contributed by atoms with Gasteiger partial charge in [-0.1, -0.05) is 13.8 Å². The van der Waals surface area contributed by atoms with Crippen molar-refractivity contribution < 1.29 is 13.5 Å². The van der Waals surface area contributed by atoms with Crippen LogP contribution in [-0.4, -0.2) is 43.3 Å². The predicted octanol–water partition coefficient (Wildman–Crippen LogP) is 0.821. The molecule has 0 radical (unpaired) electrons. The fourth-order valence-corrected chi connectivity index (χ4v) is 3.71. The highest BCUT2D eigenvalue weighted by molar-refractivity contribution is 7.89. The molecule has 1 N–H and O–H groups in total. The summed E-state index contributed by atoms with van der Waals surface area (Å²) in [6.45, 7) is 4.95. The van der Waals surface area contributed by atoms with Gasteiger partial charge in [-0.05, 0) is 19.3 Å². The molecule has 5 heteroatoms. The molecular weight excluding hydrogens is 214 g/mol. The molecule has 0 aromatic heterocycles. The molecule has 0 aromatic carbocycles. The Kier molecular flexibility index (Phi) is 4.14. The van der Waals surface area contributed by atoms with E-state index in [1.807, 2.05) is 13.8 Å². The van der Waals surface area contributed by atoms with Gasteiger partial charge in [0.05, 0.1) is 5.75 Å². The maximum atomic E-state index is 11.8. The van der Waals surface area contributed by atoms with E-state index in [1.54, 1.807) is 0 Å². The summed E-state index contributed by atoms with van der Waals surface area (Å²) in [6, 6.07) is 0. The molecule has 0 bridgehead atoms. The maximum absolute atomic E-state index is 11.8. The van der Waals surface area contributed by atoms with Crippen molar-refractivity contribution in [3.05, 3.63) is 0 Å². The van der Waals surface area contributed by atoms with Gasteiger partial charge in [0.25, 0.3) is 0 Å². The van der Waals surface area contributed by atoms with Crippen LogP contribution >= 0.6 is 0 Å². The second kappa shape index (κ2) is 4.80. The molecule has 90 valence electrons. The Morgan fingerprint density at radius 1 is 1.47 bits per heavy atom. The highest BCUT2D eigenvalue weighted by Crippen LogP contribution is 2.30. The number of aliphatic hydroxyl groups excluding tert-OH is 1. The van der Waals surface area contributed by atoms with Crippen molar-refractivity contribution in [3.63, 3.8) is 0 Å². The lowest BCUT2D eigenvalue weighted by molar-refractivity contribution is 0.0811. The van der Waals surface area contributed by atoms with E-state index in [2.05, 4.69) is 0 Å². The second-order valence-electron chi connectivity index (χ2n) is 4.72. The van der Waals surface area contributed by atoms with E-state index in [0.29, 0.717) is 19.5 Å². The van der Waals surface area contributed by atoms with Gasteiger partial charge in [-0.3, -0.25) is 0 Å². The fraction of sp³-hybridized carbons (Fsp3) is 1.00. The molecule has 1 unspecified atom stereocenters. The minimum Gasteiger partial charge on any atom is -0.396 e. The molecule has 1 atom stereocenters. The standard InChI is InChI=1S/C10H21NO3S/c1-3-7-15(13,14)11-6-4-5-10(2,8-11)9-12/h12H,3-9H2,1-2H3. The first kappa shape index (κ1) is 12.9. The summed E-state index contributed by atoms with van der Waals surface area (Å²) in [7, 11) is -3.09. The van der Waals surface area contributed by atoms with Crippen molar-refractivity contribution in [1.29, 1.82) is 0 Å². The first-order chi connectivity index (χ1) is 6.93. The zero-order chi connectivity index (χ0) is 11.5. The molecule has 0 aliphatic carbocycles. The van der Waals surface area contributed by atoms with Crippen molar-refractivity contribution in [2.75, 3.05) is 25.4 Å². The molecule has 1 aliphatic rings. The summed E-state index contributed by atoms with van der Waals surface area (Å²) in [6.07, 6.45) is 2.40. The van der Waals surface area contributed by atoms with Crippen LogP contribution in [0.4, 0.5) is 0 Å². The summed E-state index contributed by atoms with van der Waals surface area (Å²) in [5, 5.41) is 9.24. The summed E-state index contributed by atoms with van der Waals surface area (Å²) in [4.78, 5) is 0. The van der Waals surface area contributed by atoms with E-state index in [9.17, 15) is 13.5 Å². The monoisotopic (exact) mass is 235 g/mol. The Morgan fingerprint density at radius 3 is 2.67 bits per heavy atom. The Balaban J connectivity index is 2.72. The second-order valence-corrected chi connectivity index (χ2v) is 6.81. The third kappa shape index (κ3) is 3.16. The van der Waals surface area contributed by atoms with Gasteiger partial charge in [0, 0.05) is 25.1 Å². The molecule has 4 nitrogen and oxygen atoms in total. The van der Waals surface area contributed by atoms with Crippen LogP contribution in [-0.2, 0) is 10.0 Å². The van der Waals surface area contributed by atoms with Crippen LogP contribution in [0.2, 0.25) is 0 Å². The lowest BCUT2D eigenvalue weighted by Crippen LogP contribution is -2.47. The molecule has 0 spiro atoms. The van der Waals surface area contributed by atoms with Gasteiger partial charge in [-0.2, -0.15) is 0 Å². The molecule has 0 aromatic rings. The van der Waals surface area contributed by atoms with Crippen LogP contribution in [0.1, 0.15) is 33.1 Å². The number of aliphatic hydroxyl groups is 1. The van der Waals surface area contributed by atoms with Crippen LogP contribution in [0.5, 0.6) is 0 Å². The Labute approximate surface area is 92.3 Å². The zero-order valence-electron chi connectivity index (χ0n) is 9.57. The summed E-state index contributed by atoms with van der Waals surface area (Å²) in [5.74, 6) is 0.217. The highest BCUT2D eigenvalue weighted by atomic mass is 32.2. The smallest absolute Gasteiger partial charge is 0.214 e. The first-order valence-electron chi connectivity index (χ1n) is 5.52. The van der Waals surface area contributed by atoms with E-state index in [4.69, 9.17) is 0 Å². The van der Waals surface area contributed by atoms with E-state index >= 15 is 0 Å². The van der Waals surface area contributed by atoms with Crippen molar-refractivity contribution in [3.8, 4) is 0 Å². The highest BCUT2D eigenvalue weighted by Gasteiger charge is 2.35. The van der Waals surface area contributed by atoms with Crippen LogP contribution in [0.25, 0.3) is 0 Å². The van der Waals surface area contributed by atoms with Crippen LogP contribution in [0.3, 0.4) is 0 Å². The molecule has 0 amide bonds. The van der Waals surface area contributed by atoms with Gasteiger partial charge in [-0.25, -0.2) is 12.7 Å². The van der Waals surface area contributed by atoms with Gasteiger partial charge in [0.2, 0.25) is 10.0 Å². The number of rotatable bonds is 4. The van der Waals surface area contributed by atoms with Gasteiger partial charge in [0.15, 0.2) is 0 Å². The van der Waals surface area contributed by atoms with Gasteiger partial charge in [-0.15, -0.1) is 0 Å². The topological polar surface area (TPSA) is 57.6 Å². The molecular formula is C10H21NO3S. The van der Waals surface area contributed by atoms with Crippen molar-refractivity contribution >= 4 is 10.0 Å². The van der Waals surface area contributed by atoms with Crippen molar-refractivity contribution in [1.82, 2.24) is 4.31 Å². The van der Waals surface area contributed by atoms with Gasteiger partial charge >= 0.3 is 0 Å². The lowest BCUT2D eigenvalue weighted by Gasteiger charge is -2.38. The molecule has 1 aliphatic heterocycles. The Morgan fingerprint density at radius 2 is 2.13 bits per heavy atom. The number of piperidine rings is 1. The minimum absolute atomic E-state index is 0.0607. The number of hydrogen-bond acceptors (Lipinski definition) is 3. The maximum Gasteiger partial charge on any atom is 0.214 e. The Hall–Kier alpha value is -0.130. The van der Waals surface area contributed by atoms with E-state index in [0.717, 1.165) is 12.8 Å². The molecule has 0 saturated carbocycles. The van der Waals surface area contributed by atoms with E-state index in [1.165, 1.54) is 4.31 Å². The van der Waals surface area contributed by atoms with Crippen molar-refractivity contribution in [2.45, 2.75) is 33.1 Å². The average Bonchev–Trinajstić information content (AvgIpc) is 2.18. The normalized spacial score (nSPS) is 29.3. The number of sulfonamides is 1. The largest absolute Gasteiger partial charge is 0.396 e. The van der Waals surface area contributed by atoms with Gasteiger partial charge < -0.3 is 5.11 Å². The van der Waals surface area contributed by atoms with E-state index < -0.39 is 10.0 Å². The van der Waals surface area contributed by atoms with E-state index in [-0.39, 0.29) is 17.8 Å². The van der Waals surface area contributed by atoms with Crippen LogP contribution in [0.15, 0.2) is 0 Å². The molecule has 1 heterocycles. The third-order valence-electron chi connectivity index (χ3n) is 2.98. The number of hydrogen-bond donors (Lipinski definition) is 1. The predicted molar refractivity (Wildman–Crippen MR) is 60.1 cm³/mol. The molecule has 1 rings (SSSR count). The van der Waals surface area contributed by atoms with Gasteiger partial charge in [0.1, 0.15) is 0 Å². The third-order valence-corrected chi connectivity index (χ3v) is 5.01. The van der Waals surface area contributed by atoms with Crippen LogP contribution in [0, 0.1) is 5.41 Å². The van der Waals surface area contributed by atoms with Crippen molar-refractivity contribution in [2.24, 2.45) is 5.41 Å². The first-order valence-corrected chi connectivity index (χ1v) is 7.13. The fourth-order valence-electron chi connectivity index (χ4n) is 2.02. The lowest BCUT2D eigenvalue weighted by atomic mass is 9.84. The summed E-state index contributed by atoms with van der Waals surface area (Å²) in [5.41, 5.74) is -0.251. The SMILES string of the molecule is CCCS(=O)(=O)N1CCCC(C)(CO)C1. The van der Waals surface area contributed by atoms with Crippen LogP contribution < -0.4 is 0 Å². The quantitative estimate of drug-likeness (QED) is 0.785. The number of nitrogens with zero attached hydrogens (tertiary/aromatic N) is 1. The summed E-state index contributed by atoms with van der Waals surface area (Å²) < 4.78 is 25.2. The zero-order valence-corrected chi connectivity index (χ0v) is 10.4. The molecule has 1 fully saturated rings.